The normalized spacial score (nSPS) is 16.7. The molecule has 3 nitrogen and oxygen atoms in total. The highest BCUT2D eigenvalue weighted by Gasteiger charge is 2.23. The van der Waals surface area contributed by atoms with Crippen LogP contribution in [0.25, 0.3) is 10.9 Å². The molecule has 0 saturated carbocycles. The van der Waals surface area contributed by atoms with E-state index in [1.54, 1.807) is 0 Å². The first-order chi connectivity index (χ1) is 11.8. The van der Waals surface area contributed by atoms with E-state index in [-0.39, 0.29) is 0 Å². The second-order valence-electron chi connectivity index (χ2n) is 6.94. The summed E-state index contributed by atoms with van der Waals surface area (Å²) in [5.41, 5.74) is 3.96. The first kappa shape index (κ1) is 15.4. The summed E-state index contributed by atoms with van der Waals surface area (Å²) in [6.45, 7) is 3.29. The molecule has 0 spiro atoms. The molecular formula is C21H25N3. The van der Waals surface area contributed by atoms with Crippen LogP contribution >= 0.6 is 0 Å². The predicted molar refractivity (Wildman–Crippen MR) is 99.4 cm³/mol. The molecule has 1 aliphatic heterocycles. The summed E-state index contributed by atoms with van der Waals surface area (Å²) in [7, 11) is 2.22. The van der Waals surface area contributed by atoms with Crippen molar-refractivity contribution in [3.63, 3.8) is 0 Å². The molecule has 2 heterocycles. The topological polar surface area (TPSA) is 21.1 Å². The van der Waals surface area contributed by atoms with Crippen LogP contribution in [0.4, 0.5) is 0 Å². The van der Waals surface area contributed by atoms with Crippen LogP contribution in [0.2, 0.25) is 0 Å². The van der Waals surface area contributed by atoms with Crippen molar-refractivity contribution in [3.05, 3.63) is 65.9 Å². The largest absolute Gasteiger partial charge is 0.306 e. The fourth-order valence-corrected chi connectivity index (χ4v) is 3.79. The molecule has 0 unspecified atom stereocenters. The maximum atomic E-state index is 5.05. The first-order valence-electron chi connectivity index (χ1n) is 8.99. The molecule has 1 aromatic heterocycles. The fourth-order valence-electron chi connectivity index (χ4n) is 3.79. The van der Waals surface area contributed by atoms with Gasteiger partial charge in [-0.15, -0.1) is 0 Å². The number of aromatic nitrogens is 2. The molecule has 0 bridgehead atoms. The summed E-state index contributed by atoms with van der Waals surface area (Å²) in [6.07, 6.45) is 3.46. The average molecular weight is 319 g/mol. The number of piperidine rings is 1. The van der Waals surface area contributed by atoms with Crippen LogP contribution < -0.4 is 0 Å². The Morgan fingerprint density at radius 1 is 0.958 bits per heavy atom. The number of rotatable bonds is 4. The van der Waals surface area contributed by atoms with Gasteiger partial charge in [0.1, 0.15) is 0 Å². The second kappa shape index (κ2) is 6.78. The third-order valence-corrected chi connectivity index (χ3v) is 5.25. The van der Waals surface area contributed by atoms with Gasteiger partial charge in [0.25, 0.3) is 0 Å². The lowest BCUT2D eigenvalue weighted by atomic mass is 9.92. The highest BCUT2D eigenvalue weighted by Crippen LogP contribution is 2.32. The van der Waals surface area contributed by atoms with Gasteiger partial charge in [0, 0.05) is 17.8 Å². The quantitative estimate of drug-likeness (QED) is 0.722. The van der Waals surface area contributed by atoms with Crippen LogP contribution in [-0.2, 0) is 13.0 Å². The van der Waals surface area contributed by atoms with Gasteiger partial charge < -0.3 is 4.90 Å². The van der Waals surface area contributed by atoms with E-state index in [1.807, 2.05) is 0 Å². The molecule has 1 fully saturated rings. The van der Waals surface area contributed by atoms with Crippen LogP contribution in [0.15, 0.2) is 54.6 Å². The molecule has 4 rings (SSSR count). The molecular weight excluding hydrogens is 294 g/mol. The summed E-state index contributed by atoms with van der Waals surface area (Å²) in [6, 6.07) is 19.4. The molecule has 124 valence electrons. The van der Waals surface area contributed by atoms with E-state index >= 15 is 0 Å². The lowest BCUT2D eigenvalue weighted by Crippen LogP contribution is -2.29. The van der Waals surface area contributed by atoms with Crippen LogP contribution in [0.1, 0.15) is 30.0 Å². The molecule has 0 radical (unpaired) electrons. The van der Waals surface area contributed by atoms with Gasteiger partial charge in [0.15, 0.2) is 0 Å². The molecule has 0 N–H and O–H groups in total. The van der Waals surface area contributed by atoms with Crippen molar-refractivity contribution in [1.29, 1.82) is 0 Å². The Balaban J connectivity index is 1.61. The van der Waals surface area contributed by atoms with Gasteiger partial charge in [0.2, 0.25) is 0 Å². The lowest BCUT2D eigenvalue weighted by Gasteiger charge is -2.28. The Morgan fingerprint density at radius 2 is 1.67 bits per heavy atom. The van der Waals surface area contributed by atoms with Gasteiger partial charge in [-0.3, -0.25) is 4.68 Å². The molecule has 0 atom stereocenters. The molecule has 3 aromatic rings. The van der Waals surface area contributed by atoms with Gasteiger partial charge in [-0.25, -0.2) is 0 Å². The summed E-state index contributed by atoms with van der Waals surface area (Å²) < 4.78 is 2.22. The van der Waals surface area contributed by atoms with Crippen molar-refractivity contribution in [2.45, 2.75) is 31.7 Å². The Kier molecular flexibility index (Phi) is 4.35. The van der Waals surface area contributed by atoms with E-state index in [0.29, 0.717) is 5.92 Å². The third kappa shape index (κ3) is 3.09. The number of fused-ring (bicyclic) bond motifs is 1. The number of nitrogens with zero attached hydrogens (tertiary/aromatic N) is 3. The molecule has 1 saturated heterocycles. The van der Waals surface area contributed by atoms with Crippen LogP contribution in [0.5, 0.6) is 0 Å². The van der Waals surface area contributed by atoms with E-state index in [2.05, 4.69) is 71.2 Å². The number of benzene rings is 2. The number of hydrogen-bond acceptors (Lipinski definition) is 2. The van der Waals surface area contributed by atoms with Gasteiger partial charge in [-0.05, 0) is 51.0 Å². The summed E-state index contributed by atoms with van der Waals surface area (Å²) in [4.78, 5) is 2.42. The van der Waals surface area contributed by atoms with Crippen LogP contribution in [0.3, 0.4) is 0 Å². The zero-order valence-corrected chi connectivity index (χ0v) is 14.4. The van der Waals surface area contributed by atoms with E-state index < -0.39 is 0 Å². The fraction of sp³-hybridized carbons (Fsp3) is 0.381. The lowest BCUT2D eigenvalue weighted by molar-refractivity contribution is 0.253. The van der Waals surface area contributed by atoms with Crippen molar-refractivity contribution in [1.82, 2.24) is 14.7 Å². The van der Waals surface area contributed by atoms with Crippen molar-refractivity contribution < 1.29 is 0 Å². The number of likely N-dealkylation sites (tertiary alicyclic amines) is 1. The number of aryl methyl sites for hydroxylation is 2. The Hall–Kier alpha value is -2.13. The van der Waals surface area contributed by atoms with Crippen molar-refractivity contribution in [2.24, 2.45) is 0 Å². The Bertz CT molecular complexity index is 798. The summed E-state index contributed by atoms with van der Waals surface area (Å²) >= 11 is 0. The van der Waals surface area contributed by atoms with Gasteiger partial charge in [-0.2, -0.15) is 5.10 Å². The first-order valence-corrected chi connectivity index (χ1v) is 8.99. The predicted octanol–water partition coefficient (Wildman–Crippen LogP) is 4.09. The second-order valence-corrected chi connectivity index (χ2v) is 6.94. The molecule has 1 aliphatic rings. The smallest absolute Gasteiger partial charge is 0.0735 e. The van der Waals surface area contributed by atoms with E-state index in [4.69, 9.17) is 5.10 Å². The van der Waals surface area contributed by atoms with Crippen LogP contribution in [-0.4, -0.2) is 34.8 Å². The van der Waals surface area contributed by atoms with Gasteiger partial charge in [-0.1, -0.05) is 48.5 Å². The minimum absolute atomic E-state index is 0.601. The van der Waals surface area contributed by atoms with Gasteiger partial charge >= 0.3 is 0 Å². The summed E-state index contributed by atoms with van der Waals surface area (Å²) in [5.74, 6) is 0.601. The van der Waals surface area contributed by atoms with Gasteiger partial charge in [0.05, 0.1) is 11.2 Å². The van der Waals surface area contributed by atoms with Crippen molar-refractivity contribution in [3.8, 4) is 0 Å². The monoisotopic (exact) mass is 319 g/mol. The number of para-hydroxylation sites is 1. The standard InChI is InChI=1S/C21H25N3/c1-23-14-12-18(13-15-23)21-19-9-5-6-10-20(19)24(22-21)16-11-17-7-3-2-4-8-17/h2-10,18H,11-16H2,1H3. The Labute approximate surface area is 143 Å². The zero-order chi connectivity index (χ0) is 16.4. The minimum atomic E-state index is 0.601. The molecule has 2 aromatic carbocycles. The van der Waals surface area contributed by atoms with E-state index in [9.17, 15) is 0 Å². The highest BCUT2D eigenvalue weighted by atomic mass is 15.3. The zero-order valence-electron chi connectivity index (χ0n) is 14.4. The maximum Gasteiger partial charge on any atom is 0.0735 e. The van der Waals surface area contributed by atoms with Crippen LogP contribution in [0, 0.1) is 0 Å². The van der Waals surface area contributed by atoms with E-state index in [1.165, 1.54) is 48.1 Å². The Morgan fingerprint density at radius 3 is 2.46 bits per heavy atom. The molecule has 0 amide bonds. The SMILES string of the molecule is CN1CCC(c2nn(CCc3ccccc3)c3ccccc23)CC1. The highest BCUT2D eigenvalue weighted by molar-refractivity contribution is 5.82. The van der Waals surface area contributed by atoms with Crippen molar-refractivity contribution in [2.75, 3.05) is 20.1 Å². The average Bonchev–Trinajstić information content (AvgIpc) is 3.00. The maximum absolute atomic E-state index is 5.05. The van der Waals surface area contributed by atoms with E-state index in [0.717, 1.165) is 13.0 Å². The molecule has 24 heavy (non-hydrogen) atoms. The third-order valence-electron chi connectivity index (χ3n) is 5.25. The summed E-state index contributed by atoms with van der Waals surface area (Å²) in [5, 5.41) is 6.40. The van der Waals surface area contributed by atoms with Crippen molar-refractivity contribution >= 4 is 10.9 Å². The molecule has 0 aliphatic carbocycles. The molecule has 3 heteroatoms. The minimum Gasteiger partial charge on any atom is -0.306 e. The number of hydrogen-bond donors (Lipinski definition) is 0.